The number of hydrogen-bond acceptors (Lipinski definition) is 0. The topological polar surface area (TPSA) is 0 Å². The SMILES string of the molecule is CCCCCCCCC[CH2][Ge]([F])([F])/[CH]=C/c1ccccc1. The van der Waals surface area contributed by atoms with E-state index in [0.717, 1.165) is 18.4 Å². The van der Waals surface area contributed by atoms with Crippen LogP contribution < -0.4 is 0 Å². The molecule has 21 heavy (non-hydrogen) atoms. The summed E-state index contributed by atoms with van der Waals surface area (Å²) in [6.45, 7) is 2.21. The summed E-state index contributed by atoms with van der Waals surface area (Å²) >= 11 is -4.66. The molecule has 1 aromatic carbocycles. The molecule has 0 bridgehead atoms. The molecule has 0 amide bonds. The van der Waals surface area contributed by atoms with Crippen LogP contribution in [0.25, 0.3) is 6.08 Å². The molecule has 1 aromatic rings. The summed E-state index contributed by atoms with van der Waals surface area (Å²) < 4.78 is 27.8. The molecule has 0 aliphatic heterocycles. The van der Waals surface area contributed by atoms with Gasteiger partial charge < -0.3 is 0 Å². The molecule has 0 saturated heterocycles. The minimum absolute atomic E-state index is 0.151. The molecule has 0 aromatic heterocycles. The van der Waals surface area contributed by atoms with Crippen LogP contribution in [-0.4, -0.2) is 14.2 Å². The molecule has 1 rings (SSSR count). The van der Waals surface area contributed by atoms with Crippen molar-refractivity contribution in [2.24, 2.45) is 0 Å². The zero-order valence-corrected chi connectivity index (χ0v) is 15.3. The van der Waals surface area contributed by atoms with Gasteiger partial charge in [-0.05, 0) is 0 Å². The van der Waals surface area contributed by atoms with Crippen LogP contribution >= 0.6 is 0 Å². The minimum atomic E-state index is -4.66. The van der Waals surface area contributed by atoms with Crippen molar-refractivity contribution in [3.05, 3.63) is 40.8 Å². The Morgan fingerprint density at radius 3 is 2.05 bits per heavy atom. The van der Waals surface area contributed by atoms with Gasteiger partial charge in [-0.15, -0.1) is 0 Å². The predicted octanol–water partition coefficient (Wildman–Crippen LogP) is 6.76. The summed E-state index contributed by atoms with van der Waals surface area (Å²) in [5.74, 6) is 0. The fourth-order valence-corrected chi connectivity index (χ4v) is 5.14. The van der Waals surface area contributed by atoms with Crippen molar-refractivity contribution < 1.29 is 7.00 Å². The molecular weight excluding hydrogens is 327 g/mol. The van der Waals surface area contributed by atoms with Gasteiger partial charge in [-0.1, -0.05) is 0 Å². The van der Waals surface area contributed by atoms with Crippen molar-refractivity contribution in [2.45, 2.75) is 63.5 Å². The first-order valence-corrected chi connectivity index (χ1v) is 12.5. The van der Waals surface area contributed by atoms with Crippen LogP contribution in [0.15, 0.2) is 35.2 Å². The Kier molecular flexibility index (Phi) is 9.64. The first-order chi connectivity index (χ1) is 10.1. The summed E-state index contributed by atoms with van der Waals surface area (Å²) in [4.78, 5) is 1.23. The first kappa shape index (κ1) is 18.4. The molecule has 0 aliphatic rings. The molecule has 118 valence electrons. The fourth-order valence-electron chi connectivity index (χ4n) is 2.36. The molecule has 0 fully saturated rings. The van der Waals surface area contributed by atoms with Crippen molar-refractivity contribution in [3.63, 3.8) is 0 Å². The van der Waals surface area contributed by atoms with Gasteiger partial charge in [-0.25, -0.2) is 0 Å². The van der Waals surface area contributed by atoms with Gasteiger partial charge in [0.15, 0.2) is 0 Å². The second kappa shape index (κ2) is 11.0. The van der Waals surface area contributed by atoms with E-state index in [2.05, 4.69) is 6.92 Å². The average molecular weight is 355 g/mol. The summed E-state index contributed by atoms with van der Waals surface area (Å²) in [5.41, 5.74) is 0.874. The van der Waals surface area contributed by atoms with Crippen LogP contribution in [0.1, 0.15) is 63.9 Å². The van der Waals surface area contributed by atoms with Crippen LogP contribution in [0, 0.1) is 0 Å². The Morgan fingerprint density at radius 1 is 0.857 bits per heavy atom. The zero-order valence-electron chi connectivity index (χ0n) is 13.2. The maximum atomic E-state index is 13.9. The van der Waals surface area contributed by atoms with E-state index in [4.69, 9.17) is 0 Å². The van der Waals surface area contributed by atoms with Crippen LogP contribution in [0.3, 0.4) is 0 Å². The van der Waals surface area contributed by atoms with E-state index in [0.29, 0.717) is 6.42 Å². The normalized spacial score (nSPS) is 12.1. The number of rotatable bonds is 11. The summed E-state index contributed by atoms with van der Waals surface area (Å²) in [7, 11) is 0. The van der Waals surface area contributed by atoms with Crippen LogP contribution in [0.2, 0.25) is 5.25 Å². The molecule has 0 nitrogen and oxygen atoms in total. The molecule has 0 atom stereocenters. The van der Waals surface area contributed by atoms with Crippen molar-refractivity contribution in [1.82, 2.24) is 0 Å². The number of benzene rings is 1. The Hall–Kier alpha value is -0.637. The number of unbranched alkanes of at least 4 members (excludes halogenated alkanes) is 7. The molecule has 0 N–H and O–H groups in total. The monoisotopic (exact) mass is 356 g/mol. The van der Waals surface area contributed by atoms with Crippen LogP contribution in [-0.2, 0) is 0 Å². The maximum absolute atomic E-state index is 13.9. The van der Waals surface area contributed by atoms with E-state index >= 15 is 0 Å². The van der Waals surface area contributed by atoms with Gasteiger partial charge in [-0.3, -0.25) is 0 Å². The fraction of sp³-hybridized carbons (Fsp3) is 0.556. The van der Waals surface area contributed by atoms with Gasteiger partial charge in [0.2, 0.25) is 0 Å². The van der Waals surface area contributed by atoms with Gasteiger partial charge in [-0.2, -0.15) is 0 Å². The third-order valence-corrected chi connectivity index (χ3v) is 7.20. The van der Waals surface area contributed by atoms with Gasteiger partial charge in [0.1, 0.15) is 0 Å². The van der Waals surface area contributed by atoms with Crippen molar-refractivity contribution in [3.8, 4) is 0 Å². The van der Waals surface area contributed by atoms with Gasteiger partial charge in [0.05, 0.1) is 0 Å². The second-order valence-electron chi connectivity index (χ2n) is 5.73. The van der Waals surface area contributed by atoms with Crippen molar-refractivity contribution in [2.75, 3.05) is 0 Å². The molecule has 0 saturated carbocycles. The average Bonchev–Trinajstić information content (AvgIpc) is 2.49. The van der Waals surface area contributed by atoms with Crippen molar-refractivity contribution in [1.29, 1.82) is 0 Å². The van der Waals surface area contributed by atoms with E-state index in [1.54, 1.807) is 6.08 Å². The number of hydrogen-bond donors (Lipinski definition) is 0. The van der Waals surface area contributed by atoms with Gasteiger partial charge >= 0.3 is 132 Å². The summed E-state index contributed by atoms with van der Waals surface area (Å²) in [5, 5.41) is 0.151. The molecule has 0 radical (unpaired) electrons. The van der Waals surface area contributed by atoms with Crippen molar-refractivity contribution >= 4 is 20.3 Å². The molecule has 3 heteroatoms. The van der Waals surface area contributed by atoms with Crippen LogP contribution in [0.5, 0.6) is 0 Å². The Labute approximate surface area is 132 Å². The quantitative estimate of drug-likeness (QED) is 0.304. The third kappa shape index (κ3) is 9.83. The van der Waals surface area contributed by atoms with E-state index in [1.165, 1.54) is 37.0 Å². The molecule has 0 aliphatic carbocycles. The standard InChI is InChI=1S/C18H28F2Ge/c1-2-3-4-5-6-7-8-12-16-21(19,20)17-15-18-13-10-9-11-14-18/h9-11,13-15,17H,2-8,12,16H2,1H3/b17-15+. The number of halogens is 2. The zero-order chi connectivity index (χ0) is 15.4. The first-order valence-electron chi connectivity index (χ1n) is 8.26. The van der Waals surface area contributed by atoms with Gasteiger partial charge in [0, 0.05) is 0 Å². The second-order valence-corrected chi connectivity index (χ2v) is 10.7. The Bertz CT molecular complexity index is 387. The van der Waals surface area contributed by atoms with E-state index in [1.807, 2.05) is 30.3 Å². The third-order valence-electron chi connectivity index (χ3n) is 3.68. The summed E-state index contributed by atoms with van der Waals surface area (Å²) in [6.07, 6.45) is 10.7. The van der Waals surface area contributed by atoms with E-state index in [-0.39, 0.29) is 5.25 Å². The van der Waals surface area contributed by atoms with Gasteiger partial charge in [0.25, 0.3) is 0 Å². The predicted molar refractivity (Wildman–Crippen MR) is 90.9 cm³/mol. The Balaban J connectivity index is 2.14. The van der Waals surface area contributed by atoms with Crippen LogP contribution in [0.4, 0.5) is 7.00 Å². The molecule has 0 spiro atoms. The molecule has 0 heterocycles. The summed E-state index contributed by atoms with van der Waals surface area (Å²) in [6, 6.07) is 9.39. The molecular formula is C18H28F2Ge. The Morgan fingerprint density at radius 2 is 1.43 bits per heavy atom. The van der Waals surface area contributed by atoms with E-state index in [9.17, 15) is 7.00 Å². The van der Waals surface area contributed by atoms with E-state index < -0.39 is 14.2 Å². The molecule has 0 unspecified atom stereocenters.